The van der Waals surface area contributed by atoms with E-state index in [-0.39, 0.29) is 23.8 Å². The number of benzene rings is 1. The van der Waals surface area contributed by atoms with Crippen LogP contribution in [0.1, 0.15) is 44.2 Å². The monoisotopic (exact) mass is 344 g/mol. The van der Waals surface area contributed by atoms with Crippen LogP contribution in [0.15, 0.2) is 24.3 Å². The number of hydrogen-bond donors (Lipinski definition) is 1. The van der Waals surface area contributed by atoms with Crippen LogP contribution in [0, 0.1) is 5.41 Å². The third kappa shape index (κ3) is 3.43. The number of rotatable bonds is 3. The maximum atomic E-state index is 13.1. The molecule has 2 heterocycles. The molecule has 2 aliphatic heterocycles. The number of likely N-dealkylation sites (tertiary alicyclic amines) is 1. The van der Waals surface area contributed by atoms with E-state index in [0.717, 1.165) is 30.4 Å². The third-order valence-corrected chi connectivity index (χ3v) is 6.16. The number of aliphatic hydroxyl groups is 1. The lowest BCUT2D eigenvalue weighted by Gasteiger charge is -2.43. The fourth-order valence-electron chi connectivity index (χ4n) is 4.11. The van der Waals surface area contributed by atoms with Gasteiger partial charge in [0.15, 0.2) is 0 Å². The standard InChI is InChI=1S/C20H28N2O3/c1-3-20(14-23)8-10-21(11-9-20)19(25)18-12-16-6-4-5-7-17(16)13-22(18)15(2)24/h4-7,18,23H,3,8-14H2,1-2H3. The summed E-state index contributed by atoms with van der Waals surface area (Å²) in [5.41, 5.74) is 2.25. The summed E-state index contributed by atoms with van der Waals surface area (Å²) in [6, 6.07) is 7.64. The van der Waals surface area contributed by atoms with E-state index in [1.54, 1.807) is 4.90 Å². The number of carbonyl (C=O) groups is 2. The highest BCUT2D eigenvalue weighted by Gasteiger charge is 2.39. The molecule has 1 saturated heterocycles. The Morgan fingerprint density at radius 3 is 2.40 bits per heavy atom. The van der Waals surface area contributed by atoms with Crippen molar-refractivity contribution in [3.8, 4) is 0 Å². The summed E-state index contributed by atoms with van der Waals surface area (Å²) in [6.07, 6.45) is 3.18. The van der Waals surface area contributed by atoms with Gasteiger partial charge in [0.25, 0.3) is 0 Å². The van der Waals surface area contributed by atoms with Crippen molar-refractivity contribution in [3.05, 3.63) is 35.4 Å². The summed E-state index contributed by atoms with van der Waals surface area (Å²) in [5.74, 6) is -0.00419. The molecule has 25 heavy (non-hydrogen) atoms. The summed E-state index contributed by atoms with van der Waals surface area (Å²) in [7, 11) is 0. The van der Waals surface area contributed by atoms with E-state index in [4.69, 9.17) is 0 Å². The Morgan fingerprint density at radius 2 is 1.84 bits per heavy atom. The molecule has 136 valence electrons. The summed E-state index contributed by atoms with van der Waals surface area (Å²) < 4.78 is 0. The van der Waals surface area contributed by atoms with Gasteiger partial charge in [0.05, 0.1) is 0 Å². The SMILES string of the molecule is CCC1(CO)CCN(C(=O)C2Cc3ccccc3CN2C(C)=O)CC1. The van der Waals surface area contributed by atoms with E-state index >= 15 is 0 Å². The first kappa shape index (κ1) is 17.9. The Hall–Kier alpha value is -1.88. The molecule has 1 atom stereocenters. The first-order chi connectivity index (χ1) is 12.0. The molecular formula is C20H28N2O3. The Kier molecular flexibility index (Phi) is 5.13. The smallest absolute Gasteiger partial charge is 0.245 e. The number of amides is 2. The number of fused-ring (bicyclic) bond motifs is 1. The van der Waals surface area contributed by atoms with Gasteiger partial charge >= 0.3 is 0 Å². The van der Waals surface area contributed by atoms with E-state index in [2.05, 4.69) is 13.0 Å². The van der Waals surface area contributed by atoms with Gasteiger partial charge in [0, 0.05) is 39.6 Å². The normalized spacial score (nSPS) is 22.4. The first-order valence-electron chi connectivity index (χ1n) is 9.23. The minimum atomic E-state index is -0.407. The van der Waals surface area contributed by atoms with Crippen molar-refractivity contribution in [1.82, 2.24) is 9.80 Å². The quantitative estimate of drug-likeness (QED) is 0.912. The number of carbonyl (C=O) groups excluding carboxylic acids is 2. The zero-order valence-electron chi connectivity index (χ0n) is 15.2. The van der Waals surface area contributed by atoms with Crippen molar-refractivity contribution in [2.45, 2.75) is 52.1 Å². The van der Waals surface area contributed by atoms with Crippen molar-refractivity contribution in [1.29, 1.82) is 0 Å². The predicted molar refractivity (Wildman–Crippen MR) is 95.8 cm³/mol. The van der Waals surface area contributed by atoms with E-state index in [1.807, 2.05) is 23.1 Å². The second kappa shape index (κ2) is 7.16. The van der Waals surface area contributed by atoms with Crippen LogP contribution >= 0.6 is 0 Å². The Balaban J connectivity index is 1.76. The van der Waals surface area contributed by atoms with Gasteiger partial charge in [-0.2, -0.15) is 0 Å². The fourth-order valence-corrected chi connectivity index (χ4v) is 4.11. The van der Waals surface area contributed by atoms with Crippen molar-refractivity contribution >= 4 is 11.8 Å². The largest absolute Gasteiger partial charge is 0.396 e. The molecule has 0 bridgehead atoms. The van der Waals surface area contributed by atoms with Gasteiger partial charge in [-0.1, -0.05) is 31.2 Å². The maximum Gasteiger partial charge on any atom is 0.245 e. The van der Waals surface area contributed by atoms with Crippen LogP contribution in [0.3, 0.4) is 0 Å². The van der Waals surface area contributed by atoms with Crippen LogP contribution in [0.25, 0.3) is 0 Å². The van der Waals surface area contributed by atoms with Gasteiger partial charge in [-0.15, -0.1) is 0 Å². The minimum Gasteiger partial charge on any atom is -0.396 e. The molecule has 3 rings (SSSR count). The Labute approximate surface area is 149 Å². The van der Waals surface area contributed by atoms with Crippen LogP contribution in [0.4, 0.5) is 0 Å². The number of hydrogen-bond acceptors (Lipinski definition) is 3. The topological polar surface area (TPSA) is 60.9 Å². The van der Waals surface area contributed by atoms with Crippen LogP contribution < -0.4 is 0 Å². The van der Waals surface area contributed by atoms with Gasteiger partial charge in [0.2, 0.25) is 11.8 Å². The zero-order chi connectivity index (χ0) is 18.0. The molecule has 0 aromatic heterocycles. The second-order valence-electron chi connectivity index (χ2n) is 7.47. The number of piperidine rings is 1. The number of nitrogens with zero attached hydrogens (tertiary/aromatic N) is 2. The average molecular weight is 344 g/mol. The molecule has 0 spiro atoms. The Bertz CT molecular complexity index is 644. The van der Waals surface area contributed by atoms with Crippen LogP contribution in [-0.2, 0) is 22.6 Å². The minimum absolute atomic E-state index is 0.0454. The maximum absolute atomic E-state index is 13.1. The molecule has 1 N–H and O–H groups in total. The molecule has 0 aliphatic carbocycles. The predicted octanol–water partition coefficient (Wildman–Crippen LogP) is 1.97. The van der Waals surface area contributed by atoms with E-state index in [9.17, 15) is 14.7 Å². The molecular weight excluding hydrogens is 316 g/mol. The van der Waals surface area contributed by atoms with Gasteiger partial charge in [-0.25, -0.2) is 0 Å². The van der Waals surface area contributed by atoms with E-state index in [0.29, 0.717) is 26.1 Å². The molecule has 2 aliphatic rings. The highest BCUT2D eigenvalue weighted by atomic mass is 16.3. The lowest BCUT2D eigenvalue weighted by atomic mass is 9.77. The molecule has 1 aromatic rings. The van der Waals surface area contributed by atoms with Gasteiger partial charge in [-0.05, 0) is 35.8 Å². The van der Waals surface area contributed by atoms with Crippen LogP contribution in [-0.4, -0.2) is 52.5 Å². The molecule has 5 nitrogen and oxygen atoms in total. The van der Waals surface area contributed by atoms with Crippen LogP contribution in [0.5, 0.6) is 0 Å². The molecule has 2 amide bonds. The lowest BCUT2D eigenvalue weighted by molar-refractivity contribution is -0.148. The molecule has 1 unspecified atom stereocenters. The number of aliphatic hydroxyl groups excluding tert-OH is 1. The molecule has 1 aromatic carbocycles. The first-order valence-corrected chi connectivity index (χ1v) is 9.23. The van der Waals surface area contributed by atoms with Crippen LogP contribution in [0.2, 0.25) is 0 Å². The van der Waals surface area contributed by atoms with Crippen molar-refractivity contribution in [3.63, 3.8) is 0 Å². The summed E-state index contributed by atoms with van der Waals surface area (Å²) in [4.78, 5) is 28.9. The fraction of sp³-hybridized carbons (Fsp3) is 0.600. The summed E-state index contributed by atoms with van der Waals surface area (Å²) in [5, 5.41) is 9.68. The third-order valence-electron chi connectivity index (χ3n) is 6.16. The molecule has 0 radical (unpaired) electrons. The molecule has 1 fully saturated rings. The van der Waals surface area contributed by atoms with Gasteiger partial charge in [-0.3, -0.25) is 9.59 Å². The molecule has 5 heteroatoms. The Morgan fingerprint density at radius 1 is 1.20 bits per heavy atom. The second-order valence-corrected chi connectivity index (χ2v) is 7.47. The van der Waals surface area contributed by atoms with Gasteiger partial charge < -0.3 is 14.9 Å². The highest BCUT2D eigenvalue weighted by molar-refractivity contribution is 5.88. The molecule has 0 saturated carbocycles. The van der Waals surface area contributed by atoms with Gasteiger partial charge in [0.1, 0.15) is 6.04 Å². The van der Waals surface area contributed by atoms with Crippen molar-refractivity contribution in [2.75, 3.05) is 19.7 Å². The van der Waals surface area contributed by atoms with E-state index in [1.165, 1.54) is 6.92 Å². The van der Waals surface area contributed by atoms with E-state index < -0.39 is 6.04 Å². The zero-order valence-corrected chi connectivity index (χ0v) is 15.2. The average Bonchev–Trinajstić information content (AvgIpc) is 2.66. The van der Waals surface area contributed by atoms with Crippen molar-refractivity contribution < 1.29 is 14.7 Å². The summed E-state index contributed by atoms with van der Waals surface area (Å²) >= 11 is 0. The van der Waals surface area contributed by atoms with Crippen molar-refractivity contribution in [2.24, 2.45) is 5.41 Å². The highest BCUT2D eigenvalue weighted by Crippen LogP contribution is 2.35. The lowest BCUT2D eigenvalue weighted by Crippen LogP contribution is -2.55. The summed E-state index contributed by atoms with van der Waals surface area (Å²) in [6.45, 7) is 5.66.